The van der Waals surface area contributed by atoms with Gasteiger partial charge in [0, 0.05) is 36.7 Å². The molecule has 8 nitrogen and oxygen atoms in total. The molecule has 1 unspecified atom stereocenters. The predicted octanol–water partition coefficient (Wildman–Crippen LogP) is 1.76. The minimum atomic E-state index is -0.567. The molecule has 2 aromatic heterocycles. The van der Waals surface area contributed by atoms with Crippen LogP contribution in [0.3, 0.4) is 0 Å². The molecule has 2 N–H and O–H groups in total. The number of fused-ring (bicyclic) bond motifs is 2. The van der Waals surface area contributed by atoms with Crippen LogP contribution >= 0.6 is 0 Å². The number of carbonyl (C=O) groups excluding carboxylic acids is 1. The van der Waals surface area contributed by atoms with Crippen LogP contribution in [0.15, 0.2) is 36.7 Å². The number of hydrogen-bond acceptors (Lipinski definition) is 6. The number of aliphatic hydroxyl groups excluding tert-OH is 1. The smallest absolute Gasteiger partial charge is 0.232 e. The molecule has 29 heavy (non-hydrogen) atoms. The first-order valence-electron chi connectivity index (χ1n) is 9.64. The third-order valence-corrected chi connectivity index (χ3v) is 6.01. The zero-order valence-electron chi connectivity index (χ0n) is 15.8. The van der Waals surface area contributed by atoms with Crippen molar-refractivity contribution in [2.24, 2.45) is 5.41 Å². The van der Waals surface area contributed by atoms with Gasteiger partial charge in [0.2, 0.25) is 5.91 Å². The van der Waals surface area contributed by atoms with Gasteiger partial charge in [-0.15, -0.1) is 0 Å². The summed E-state index contributed by atoms with van der Waals surface area (Å²) in [6.07, 6.45) is 6.99. The summed E-state index contributed by atoms with van der Waals surface area (Å²) < 4.78 is 1.78. The number of aliphatic hydroxyl groups is 1. The fraction of sp³-hybridized carbons (Fsp3) is 0.333. The standard InChI is InChI=1S/C21H20N6O2/c22-13-26-5-4-21(12-26)9-18-17(25-20(21)29)8-14(10-23-18)15-2-1-3-19-16(15)11-24-27(19)6-7-28/h1-3,8,10-11,28H,4-7,9,12H2,(H,25,29). The molecule has 0 saturated carbocycles. The molecule has 5 rings (SSSR count). The molecule has 1 saturated heterocycles. The molecule has 3 aromatic rings. The Bertz CT molecular complexity index is 1160. The van der Waals surface area contributed by atoms with E-state index in [-0.39, 0.29) is 12.5 Å². The van der Waals surface area contributed by atoms with Crippen LogP contribution in [0.2, 0.25) is 0 Å². The first-order chi connectivity index (χ1) is 14.1. The minimum Gasteiger partial charge on any atom is -0.394 e. The monoisotopic (exact) mass is 388 g/mol. The van der Waals surface area contributed by atoms with Crippen LogP contribution in [0, 0.1) is 16.9 Å². The summed E-state index contributed by atoms with van der Waals surface area (Å²) in [7, 11) is 0. The molecule has 1 spiro atoms. The molecule has 2 aliphatic rings. The number of nitriles is 1. The van der Waals surface area contributed by atoms with Crippen LogP contribution in [0.4, 0.5) is 5.69 Å². The number of pyridine rings is 1. The van der Waals surface area contributed by atoms with E-state index in [1.807, 2.05) is 30.5 Å². The fourth-order valence-corrected chi connectivity index (χ4v) is 4.46. The van der Waals surface area contributed by atoms with Gasteiger partial charge < -0.3 is 15.3 Å². The Hall–Kier alpha value is -3.44. The molecule has 0 bridgehead atoms. The predicted molar refractivity (Wildman–Crippen MR) is 107 cm³/mol. The average Bonchev–Trinajstić information content (AvgIpc) is 3.34. The van der Waals surface area contributed by atoms with E-state index in [1.165, 1.54) is 0 Å². The SMILES string of the molecule is N#CN1CCC2(Cc3ncc(-c4cccc5c4cnn5CCO)cc3NC2=O)C1. The largest absolute Gasteiger partial charge is 0.394 e. The van der Waals surface area contributed by atoms with Gasteiger partial charge in [-0.1, -0.05) is 12.1 Å². The molecular formula is C21H20N6O2. The summed E-state index contributed by atoms with van der Waals surface area (Å²) >= 11 is 0. The lowest BCUT2D eigenvalue weighted by atomic mass is 9.78. The Morgan fingerprint density at radius 1 is 1.34 bits per heavy atom. The van der Waals surface area contributed by atoms with Crippen molar-refractivity contribution in [3.8, 4) is 17.3 Å². The number of aromatic nitrogens is 3. The van der Waals surface area contributed by atoms with E-state index in [9.17, 15) is 9.90 Å². The number of benzene rings is 1. The maximum Gasteiger partial charge on any atom is 0.232 e. The maximum atomic E-state index is 12.9. The zero-order valence-corrected chi connectivity index (χ0v) is 15.8. The lowest BCUT2D eigenvalue weighted by Crippen LogP contribution is -2.43. The first kappa shape index (κ1) is 17.6. The van der Waals surface area contributed by atoms with E-state index in [4.69, 9.17) is 5.26 Å². The van der Waals surface area contributed by atoms with Gasteiger partial charge in [0.05, 0.1) is 41.7 Å². The molecular weight excluding hydrogens is 368 g/mol. The van der Waals surface area contributed by atoms with Crippen LogP contribution in [0.1, 0.15) is 12.1 Å². The lowest BCUT2D eigenvalue weighted by molar-refractivity contribution is -0.125. The van der Waals surface area contributed by atoms with Crippen molar-refractivity contribution in [2.75, 3.05) is 25.0 Å². The Kier molecular flexibility index (Phi) is 4.00. The third-order valence-electron chi connectivity index (χ3n) is 6.01. The number of likely N-dealkylation sites (tertiary alicyclic amines) is 1. The number of rotatable bonds is 3. The van der Waals surface area contributed by atoms with Gasteiger partial charge in [0.15, 0.2) is 6.19 Å². The molecule has 0 radical (unpaired) electrons. The highest BCUT2D eigenvalue weighted by molar-refractivity contribution is 6.00. The van der Waals surface area contributed by atoms with E-state index in [0.717, 1.165) is 33.4 Å². The summed E-state index contributed by atoms with van der Waals surface area (Å²) in [6.45, 7) is 1.52. The fourth-order valence-electron chi connectivity index (χ4n) is 4.46. The van der Waals surface area contributed by atoms with E-state index in [0.29, 0.717) is 32.5 Å². The number of hydrogen-bond donors (Lipinski definition) is 2. The molecule has 2 aliphatic heterocycles. The van der Waals surface area contributed by atoms with Gasteiger partial charge >= 0.3 is 0 Å². The minimum absolute atomic E-state index is 0.0262. The Labute approximate surface area is 167 Å². The molecule has 146 valence electrons. The van der Waals surface area contributed by atoms with Crippen LogP contribution in [-0.4, -0.2) is 50.4 Å². The van der Waals surface area contributed by atoms with Crippen molar-refractivity contribution in [1.82, 2.24) is 19.7 Å². The van der Waals surface area contributed by atoms with Gasteiger partial charge in [-0.2, -0.15) is 10.4 Å². The number of amides is 1. The third kappa shape index (κ3) is 2.74. The molecule has 1 aromatic carbocycles. The van der Waals surface area contributed by atoms with Gasteiger partial charge in [0.25, 0.3) is 0 Å². The second kappa shape index (κ2) is 6.57. The first-order valence-corrected chi connectivity index (χ1v) is 9.64. The van der Waals surface area contributed by atoms with Crippen molar-refractivity contribution < 1.29 is 9.90 Å². The van der Waals surface area contributed by atoms with Gasteiger partial charge in [-0.05, 0) is 24.1 Å². The van der Waals surface area contributed by atoms with E-state index in [1.54, 1.807) is 15.8 Å². The molecule has 4 heterocycles. The van der Waals surface area contributed by atoms with E-state index in [2.05, 4.69) is 21.6 Å². The summed E-state index contributed by atoms with van der Waals surface area (Å²) in [5, 5.41) is 26.8. The molecule has 1 fully saturated rings. The van der Waals surface area contributed by atoms with Crippen molar-refractivity contribution in [3.05, 3.63) is 42.4 Å². The van der Waals surface area contributed by atoms with Crippen LogP contribution in [-0.2, 0) is 17.8 Å². The lowest BCUT2D eigenvalue weighted by Gasteiger charge is -2.32. The van der Waals surface area contributed by atoms with E-state index >= 15 is 0 Å². The maximum absolute atomic E-state index is 12.9. The van der Waals surface area contributed by atoms with Crippen LogP contribution < -0.4 is 5.32 Å². The highest BCUT2D eigenvalue weighted by Gasteiger charge is 2.47. The second-order valence-corrected chi connectivity index (χ2v) is 7.73. The number of nitrogens with zero attached hydrogens (tertiary/aromatic N) is 5. The number of anilines is 1. The summed E-state index contributed by atoms with van der Waals surface area (Å²) in [5.41, 5.74) is 3.85. The summed E-state index contributed by atoms with van der Waals surface area (Å²) in [6, 6.07) is 7.89. The highest BCUT2D eigenvalue weighted by atomic mass is 16.3. The highest BCUT2D eigenvalue weighted by Crippen LogP contribution is 2.41. The molecule has 8 heteroatoms. The van der Waals surface area contributed by atoms with E-state index < -0.39 is 5.41 Å². The van der Waals surface area contributed by atoms with Gasteiger partial charge in [-0.25, -0.2) is 0 Å². The Morgan fingerprint density at radius 2 is 2.24 bits per heavy atom. The van der Waals surface area contributed by atoms with Crippen molar-refractivity contribution in [1.29, 1.82) is 5.26 Å². The Morgan fingerprint density at radius 3 is 3.03 bits per heavy atom. The van der Waals surface area contributed by atoms with Gasteiger partial charge in [-0.3, -0.25) is 14.5 Å². The van der Waals surface area contributed by atoms with Crippen molar-refractivity contribution in [2.45, 2.75) is 19.4 Å². The summed E-state index contributed by atoms with van der Waals surface area (Å²) in [5.74, 6) is -0.0318. The van der Waals surface area contributed by atoms with Gasteiger partial charge in [0.1, 0.15) is 0 Å². The normalized spacial score (nSPS) is 20.7. The van der Waals surface area contributed by atoms with Crippen LogP contribution in [0.5, 0.6) is 0 Å². The zero-order chi connectivity index (χ0) is 20.0. The quantitative estimate of drug-likeness (QED) is 0.662. The van der Waals surface area contributed by atoms with Crippen LogP contribution in [0.25, 0.3) is 22.0 Å². The topological polar surface area (TPSA) is 107 Å². The average molecular weight is 388 g/mol. The second-order valence-electron chi connectivity index (χ2n) is 7.73. The molecule has 0 aliphatic carbocycles. The number of nitrogens with one attached hydrogen (secondary N) is 1. The Balaban J connectivity index is 1.52. The molecule has 1 atom stereocenters. The number of carbonyl (C=O) groups is 1. The summed E-state index contributed by atoms with van der Waals surface area (Å²) in [4.78, 5) is 19.2. The van der Waals surface area contributed by atoms with Crippen molar-refractivity contribution >= 4 is 22.5 Å². The van der Waals surface area contributed by atoms with Crippen molar-refractivity contribution in [3.63, 3.8) is 0 Å². The molecule has 1 amide bonds.